The van der Waals surface area contributed by atoms with Gasteiger partial charge in [-0.05, 0) is 30.7 Å². The van der Waals surface area contributed by atoms with E-state index in [4.69, 9.17) is 4.74 Å². The molecule has 0 aliphatic heterocycles. The first-order chi connectivity index (χ1) is 11.2. The van der Waals surface area contributed by atoms with Gasteiger partial charge < -0.3 is 10.1 Å². The molecular formula is C19H24N2O2. The number of ether oxygens (including phenoxy) is 1. The van der Waals surface area contributed by atoms with Crippen molar-refractivity contribution in [1.29, 1.82) is 0 Å². The van der Waals surface area contributed by atoms with Crippen LogP contribution in [-0.2, 0) is 17.8 Å². The number of carbonyl (C=O) groups excluding carboxylic acids is 1. The summed E-state index contributed by atoms with van der Waals surface area (Å²) in [5, 5.41) is 2.96. The Morgan fingerprint density at radius 2 is 1.78 bits per heavy atom. The van der Waals surface area contributed by atoms with Crippen molar-refractivity contribution in [3.8, 4) is 5.75 Å². The first-order valence-corrected chi connectivity index (χ1v) is 7.80. The molecule has 1 amide bonds. The largest absolute Gasteiger partial charge is 0.496 e. The summed E-state index contributed by atoms with van der Waals surface area (Å²) in [6, 6.07) is 18.0. The van der Waals surface area contributed by atoms with Gasteiger partial charge in [0.1, 0.15) is 5.75 Å². The second-order valence-electron chi connectivity index (χ2n) is 5.57. The van der Waals surface area contributed by atoms with E-state index >= 15 is 0 Å². The molecule has 0 bridgehead atoms. The summed E-state index contributed by atoms with van der Waals surface area (Å²) in [6.45, 7) is 1.76. The average Bonchev–Trinajstić information content (AvgIpc) is 2.56. The zero-order valence-corrected chi connectivity index (χ0v) is 13.8. The van der Waals surface area contributed by atoms with Crippen LogP contribution in [0.2, 0.25) is 0 Å². The molecule has 2 rings (SSSR count). The highest BCUT2D eigenvalue weighted by Gasteiger charge is 2.07. The summed E-state index contributed by atoms with van der Waals surface area (Å²) in [4.78, 5) is 14.0. The standard InChI is InChI=1S/C19H24N2O2/c1-21(14-16-8-4-3-5-9-16)15-19(22)20-13-12-17-10-6-7-11-18(17)23-2/h3-11H,12-15H2,1-2H3,(H,20,22). The molecular weight excluding hydrogens is 288 g/mol. The number of para-hydroxylation sites is 1. The van der Waals surface area contributed by atoms with Crippen LogP contribution >= 0.6 is 0 Å². The van der Waals surface area contributed by atoms with Crippen molar-refractivity contribution in [3.63, 3.8) is 0 Å². The normalized spacial score (nSPS) is 10.6. The average molecular weight is 312 g/mol. The Morgan fingerprint density at radius 3 is 2.52 bits per heavy atom. The van der Waals surface area contributed by atoms with Gasteiger partial charge in [-0.15, -0.1) is 0 Å². The van der Waals surface area contributed by atoms with Gasteiger partial charge in [-0.2, -0.15) is 0 Å². The molecule has 4 heteroatoms. The number of hydrogen-bond donors (Lipinski definition) is 1. The molecule has 2 aromatic carbocycles. The molecule has 0 aliphatic carbocycles. The second-order valence-corrected chi connectivity index (χ2v) is 5.57. The van der Waals surface area contributed by atoms with Crippen LogP contribution in [0.4, 0.5) is 0 Å². The van der Waals surface area contributed by atoms with Crippen LogP contribution in [0.15, 0.2) is 54.6 Å². The highest BCUT2D eigenvalue weighted by atomic mass is 16.5. The maximum absolute atomic E-state index is 12.0. The van der Waals surface area contributed by atoms with Gasteiger partial charge in [-0.1, -0.05) is 48.5 Å². The minimum absolute atomic E-state index is 0.0401. The maximum Gasteiger partial charge on any atom is 0.234 e. The fraction of sp³-hybridized carbons (Fsp3) is 0.316. The minimum Gasteiger partial charge on any atom is -0.496 e. The number of methoxy groups -OCH3 is 1. The third-order valence-electron chi connectivity index (χ3n) is 3.62. The smallest absolute Gasteiger partial charge is 0.234 e. The molecule has 0 radical (unpaired) electrons. The predicted molar refractivity (Wildman–Crippen MR) is 92.5 cm³/mol. The summed E-state index contributed by atoms with van der Waals surface area (Å²) in [5.41, 5.74) is 2.31. The van der Waals surface area contributed by atoms with E-state index in [0.717, 1.165) is 24.3 Å². The molecule has 0 spiro atoms. The van der Waals surface area contributed by atoms with Crippen molar-refractivity contribution in [2.45, 2.75) is 13.0 Å². The fourth-order valence-electron chi connectivity index (χ4n) is 2.50. The number of likely N-dealkylation sites (N-methyl/N-ethyl adjacent to an activating group) is 1. The van der Waals surface area contributed by atoms with Gasteiger partial charge in [0.2, 0.25) is 5.91 Å². The van der Waals surface area contributed by atoms with Crippen molar-refractivity contribution < 1.29 is 9.53 Å². The van der Waals surface area contributed by atoms with E-state index in [0.29, 0.717) is 13.1 Å². The van der Waals surface area contributed by atoms with Crippen molar-refractivity contribution in [2.24, 2.45) is 0 Å². The highest BCUT2D eigenvalue weighted by Crippen LogP contribution is 2.17. The Bertz CT molecular complexity index is 614. The van der Waals surface area contributed by atoms with E-state index in [2.05, 4.69) is 17.4 Å². The van der Waals surface area contributed by atoms with Crippen molar-refractivity contribution in [3.05, 3.63) is 65.7 Å². The van der Waals surface area contributed by atoms with Gasteiger partial charge >= 0.3 is 0 Å². The number of hydrogen-bond acceptors (Lipinski definition) is 3. The summed E-state index contributed by atoms with van der Waals surface area (Å²) in [5.74, 6) is 0.904. The maximum atomic E-state index is 12.0. The first-order valence-electron chi connectivity index (χ1n) is 7.80. The van der Waals surface area contributed by atoms with Gasteiger partial charge in [-0.3, -0.25) is 9.69 Å². The van der Waals surface area contributed by atoms with Crippen LogP contribution in [0.1, 0.15) is 11.1 Å². The van der Waals surface area contributed by atoms with Crippen LogP contribution in [-0.4, -0.2) is 38.1 Å². The van der Waals surface area contributed by atoms with Gasteiger partial charge in [-0.25, -0.2) is 0 Å². The Labute approximate surface area is 138 Å². The SMILES string of the molecule is COc1ccccc1CCNC(=O)CN(C)Cc1ccccc1. The number of carbonyl (C=O) groups is 1. The molecule has 0 atom stereocenters. The molecule has 122 valence electrons. The molecule has 0 fully saturated rings. The van der Waals surface area contributed by atoms with E-state index in [9.17, 15) is 4.79 Å². The fourth-order valence-corrected chi connectivity index (χ4v) is 2.50. The van der Waals surface area contributed by atoms with Crippen LogP contribution < -0.4 is 10.1 Å². The second kappa shape index (κ2) is 8.96. The lowest BCUT2D eigenvalue weighted by Crippen LogP contribution is -2.35. The third-order valence-corrected chi connectivity index (χ3v) is 3.62. The lowest BCUT2D eigenvalue weighted by atomic mass is 10.1. The summed E-state index contributed by atoms with van der Waals surface area (Å²) in [7, 11) is 3.61. The summed E-state index contributed by atoms with van der Waals surface area (Å²) in [6.07, 6.45) is 0.762. The molecule has 0 aromatic heterocycles. The van der Waals surface area contributed by atoms with Gasteiger partial charge in [0.25, 0.3) is 0 Å². The van der Waals surface area contributed by atoms with E-state index < -0.39 is 0 Å². The molecule has 0 saturated carbocycles. The number of nitrogens with zero attached hydrogens (tertiary/aromatic N) is 1. The van der Waals surface area contributed by atoms with Gasteiger partial charge in [0, 0.05) is 13.1 Å². The number of amides is 1. The monoisotopic (exact) mass is 312 g/mol. The summed E-state index contributed by atoms with van der Waals surface area (Å²) >= 11 is 0. The van der Waals surface area contributed by atoms with E-state index in [-0.39, 0.29) is 5.91 Å². The number of rotatable bonds is 8. The van der Waals surface area contributed by atoms with Crippen molar-refractivity contribution in [1.82, 2.24) is 10.2 Å². The Balaban J connectivity index is 1.72. The lowest BCUT2D eigenvalue weighted by molar-refractivity contribution is -0.122. The quantitative estimate of drug-likeness (QED) is 0.814. The first kappa shape index (κ1) is 17.0. The topological polar surface area (TPSA) is 41.6 Å². The summed E-state index contributed by atoms with van der Waals surface area (Å²) < 4.78 is 5.31. The molecule has 4 nitrogen and oxygen atoms in total. The predicted octanol–water partition coefficient (Wildman–Crippen LogP) is 2.49. The highest BCUT2D eigenvalue weighted by molar-refractivity contribution is 5.77. The van der Waals surface area contributed by atoms with Crippen LogP contribution in [0.25, 0.3) is 0 Å². The molecule has 23 heavy (non-hydrogen) atoms. The molecule has 0 heterocycles. The number of nitrogens with one attached hydrogen (secondary N) is 1. The van der Waals surface area contributed by atoms with E-state index in [1.165, 1.54) is 5.56 Å². The van der Waals surface area contributed by atoms with Crippen LogP contribution in [0.3, 0.4) is 0 Å². The van der Waals surface area contributed by atoms with Crippen LogP contribution in [0.5, 0.6) is 5.75 Å². The van der Waals surface area contributed by atoms with Gasteiger partial charge in [0.15, 0.2) is 0 Å². The van der Waals surface area contributed by atoms with Gasteiger partial charge in [0.05, 0.1) is 13.7 Å². The minimum atomic E-state index is 0.0401. The molecule has 0 aliphatic rings. The number of benzene rings is 2. The molecule has 2 aromatic rings. The Morgan fingerprint density at radius 1 is 1.09 bits per heavy atom. The van der Waals surface area contributed by atoms with Crippen molar-refractivity contribution >= 4 is 5.91 Å². The molecule has 1 N–H and O–H groups in total. The van der Waals surface area contributed by atoms with Crippen molar-refractivity contribution in [2.75, 3.05) is 27.2 Å². The Kier molecular flexibility index (Phi) is 6.63. The molecule has 0 unspecified atom stereocenters. The van der Waals surface area contributed by atoms with E-state index in [1.807, 2.05) is 54.4 Å². The van der Waals surface area contributed by atoms with Crippen LogP contribution in [0, 0.1) is 0 Å². The zero-order valence-electron chi connectivity index (χ0n) is 13.8. The lowest BCUT2D eigenvalue weighted by Gasteiger charge is -2.16. The van der Waals surface area contributed by atoms with E-state index in [1.54, 1.807) is 7.11 Å². The molecule has 0 saturated heterocycles. The Hall–Kier alpha value is -2.33. The zero-order chi connectivity index (χ0) is 16.5. The third kappa shape index (κ3) is 5.75.